The van der Waals surface area contributed by atoms with Gasteiger partial charge >= 0.3 is 0 Å². The Morgan fingerprint density at radius 2 is 2.41 bits per heavy atom. The molecule has 1 aromatic rings. The summed E-state index contributed by atoms with van der Waals surface area (Å²) in [5, 5.41) is 3.76. The maximum absolute atomic E-state index is 5.43. The lowest BCUT2D eigenvalue weighted by Gasteiger charge is -2.25. The van der Waals surface area contributed by atoms with Crippen molar-refractivity contribution >= 4 is 33.9 Å². The highest BCUT2D eigenvalue weighted by Crippen LogP contribution is 2.36. The molecule has 2 atom stereocenters. The monoisotopic (exact) mass is 363 g/mol. The molecule has 1 saturated heterocycles. The van der Waals surface area contributed by atoms with Gasteiger partial charge in [0, 0.05) is 24.1 Å². The third-order valence-electron chi connectivity index (χ3n) is 3.76. The molecule has 4 heteroatoms. The van der Waals surface area contributed by atoms with Crippen LogP contribution in [0.1, 0.15) is 35.7 Å². The standard InChI is InChI=1S/C13H18INOS/c14-13-6-10-11(2-1-3-12(10)17-13)15-7-9-4-5-16-8-9/h6,9,11,15H,1-5,7-8H2. The van der Waals surface area contributed by atoms with Crippen LogP contribution in [0.15, 0.2) is 6.07 Å². The van der Waals surface area contributed by atoms with Gasteiger partial charge in [0.2, 0.25) is 0 Å². The van der Waals surface area contributed by atoms with Crippen molar-refractivity contribution in [3.8, 4) is 0 Å². The molecule has 17 heavy (non-hydrogen) atoms. The number of halogens is 1. The fraction of sp³-hybridized carbons (Fsp3) is 0.692. The predicted octanol–water partition coefficient (Wildman–Crippen LogP) is 3.36. The number of hydrogen-bond acceptors (Lipinski definition) is 3. The van der Waals surface area contributed by atoms with Crippen LogP contribution < -0.4 is 5.32 Å². The maximum Gasteiger partial charge on any atom is 0.0659 e. The summed E-state index contributed by atoms with van der Waals surface area (Å²) in [5.41, 5.74) is 1.57. The number of ether oxygens (including phenoxy) is 1. The lowest BCUT2D eigenvalue weighted by Crippen LogP contribution is -2.29. The minimum Gasteiger partial charge on any atom is -0.381 e. The van der Waals surface area contributed by atoms with Crippen LogP contribution in [0.2, 0.25) is 0 Å². The molecule has 2 nitrogen and oxygen atoms in total. The van der Waals surface area contributed by atoms with Crippen LogP contribution in [0.25, 0.3) is 0 Å². The number of hydrogen-bond donors (Lipinski definition) is 1. The molecule has 2 unspecified atom stereocenters. The van der Waals surface area contributed by atoms with Crippen molar-refractivity contribution in [1.82, 2.24) is 5.32 Å². The molecular formula is C13H18INOS. The highest BCUT2D eigenvalue weighted by atomic mass is 127. The van der Waals surface area contributed by atoms with E-state index in [0.29, 0.717) is 6.04 Å². The first-order chi connectivity index (χ1) is 8.33. The second-order valence-corrected chi connectivity index (χ2v) is 8.04. The Morgan fingerprint density at radius 1 is 1.47 bits per heavy atom. The largest absolute Gasteiger partial charge is 0.381 e. The lowest BCUT2D eigenvalue weighted by atomic mass is 9.93. The Morgan fingerprint density at radius 3 is 3.24 bits per heavy atom. The van der Waals surface area contributed by atoms with E-state index in [1.807, 2.05) is 11.3 Å². The van der Waals surface area contributed by atoms with Crippen LogP contribution in [0.5, 0.6) is 0 Å². The number of aryl methyl sites for hydroxylation is 1. The number of thiophene rings is 1. The quantitative estimate of drug-likeness (QED) is 0.832. The van der Waals surface area contributed by atoms with Gasteiger partial charge in [0.25, 0.3) is 0 Å². The van der Waals surface area contributed by atoms with Gasteiger partial charge in [-0.3, -0.25) is 0 Å². The Bertz CT molecular complexity index is 387. The zero-order valence-electron chi connectivity index (χ0n) is 9.88. The fourth-order valence-corrected chi connectivity index (χ4v) is 4.91. The van der Waals surface area contributed by atoms with Crippen molar-refractivity contribution in [2.45, 2.75) is 31.7 Å². The summed E-state index contributed by atoms with van der Waals surface area (Å²) in [5.74, 6) is 0.734. The molecule has 3 rings (SSSR count). The van der Waals surface area contributed by atoms with E-state index in [-0.39, 0.29) is 0 Å². The fourth-order valence-electron chi connectivity index (χ4n) is 2.79. The maximum atomic E-state index is 5.43. The van der Waals surface area contributed by atoms with E-state index in [4.69, 9.17) is 4.74 Å². The van der Waals surface area contributed by atoms with Crippen molar-refractivity contribution in [2.75, 3.05) is 19.8 Å². The van der Waals surface area contributed by atoms with Crippen LogP contribution in [0.4, 0.5) is 0 Å². The minimum atomic E-state index is 0.596. The Labute approximate surface area is 120 Å². The first kappa shape index (κ1) is 12.4. The molecule has 0 spiro atoms. The van der Waals surface area contributed by atoms with Gasteiger partial charge in [-0.05, 0) is 65.8 Å². The van der Waals surface area contributed by atoms with Gasteiger partial charge in [-0.25, -0.2) is 0 Å². The van der Waals surface area contributed by atoms with Gasteiger partial charge in [-0.2, -0.15) is 0 Å². The number of fused-ring (bicyclic) bond motifs is 1. The van der Waals surface area contributed by atoms with Crippen molar-refractivity contribution in [2.24, 2.45) is 5.92 Å². The molecule has 0 aromatic carbocycles. The smallest absolute Gasteiger partial charge is 0.0659 e. The van der Waals surface area contributed by atoms with Crippen LogP contribution in [0, 0.1) is 8.80 Å². The highest BCUT2D eigenvalue weighted by Gasteiger charge is 2.24. The molecule has 94 valence electrons. The average Bonchev–Trinajstić information content (AvgIpc) is 2.93. The molecule has 0 radical (unpaired) electrons. The summed E-state index contributed by atoms with van der Waals surface area (Å²) in [4.78, 5) is 1.61. The first-order valence-electron chi connectivity index (χ1n) is 6.42. The van der Waals surface area contributed by atoms with E-state index in [2.05, 4.69) is 34.0 Å². The average molecular weight is 363 g/mol. The van der Waals surface area contributed by atoms with Crippen LogP contribution >= 0.6 is 33.9 Å². The van der Waals surface area contributed by atoms with Gasteiger partial charge < -0.3 is 10.1 Å². The Kier molecular flexibility index (Phi) is 4.04. The molecule has 1 N–H and O–H groups in total. The molecule has 1 aromatic heterocycles. The van der Waals surface area contributed by atoms with Gasteiger partial charge in [-0.1, -0.05) is 0 Å². The molecule has 2 aliphatic rings. The molecule has 0 amide bonds. The molecule has 1 fully saturated rings. The predicted molar refractivity (Wildman–Crippen MR) is 79.6 cm³/mol. The van der Waals surface area contributed by atoms with Crippen LogP contribution in [0.3, 0.4) is 0 Å². The van der Waals surface area contributed by atoms with Gasteiger partial charge in [0.05, 0.1) is 9.49 Å². The summed E-state index contributed by atoms with van der Waals surface area (Å²) in [6.45, 7) is 3.03. The third-order valence-corrected chi connectivity index (χ3v) is 5.73. The topological polar surface area (TPSA) is 21.3 Å². The van der Waals surface area contributed by atoms with E-state index in [0.717, 1.165) is 25.7 Å². The summed E-state index contributed by atoms with van der Waals surface area (Å²) < 4.78 is 6.87. The van der Waals surface area contributed by atoms with Crippen LogP contribution in [-0.2, 0) is 11.2 Å². The van der Waals surface area contributed by atoms with E-state index >= 15 is 0 Å². The molecule has 0 saturated carbocycles. The van der Waals surface area contributed by atoms with Crippen molar-refractivity contribution in [3.63, 3.8) is 0 Å². The number of rotatable bonds is 3. The minimum absolute atomic E-state index is 0.596. The molecule has 1 aliphatic carbocycles. The SMILES string of the molecule is Ic1cc2c(s1)CCCC2NCC1CCOC1. The van der Waals surface area contributed by atoms with Crippen molar-refractivity contribution in [1.29, 1.82) is 0 Å². The van der Waals surface area contributed by atoms with Gasteiger partial charge in [0.15, 0.2) is 0 Å². The Hall–Kier alpha value is 0.350. The third kappa shape index (κ3) is 2.85. The van der Waals surface area contributed by atoms with E-state index in [1.165, 1.54) is 28.6 Å². The molecule has 0 bridgehead atoms. The summed E-state index contributed by atoms with van der Waals surface area (Å²) >= 11 is 4.42. The summed E-state index contributed by atoms with van der Waals surface area (Å²) in [7, 11) is 0. The first-order valence-corrected chi connectivity index (χ1v) is 8.31. The normalized spacial score (nSPS) is 28.3. The summed E-state index contributed by atoms with van der Waals surface area (Å²) in [6, 6.07) is 2.97. The van der Waals surface area contributed by atoms with Gasteiger partial charge in [-0.15, -0.1) is 11.3 Å². The van der Waals surface area contributed by atoms with Crippen molar-refractivity contribution < 1.29 is 4.74 Å². The van der Waals surface area contributed by atoms with E-state index < -0.39 is 0 Å². The zero-order chi connectivity index (χ0) is 11.7. The highest BCUT2D eigenvalue weighted by molar-refractivity contribution is 14.1. The zero-order valence-corrected chi connectivity index (χ0v) is 12.9. The number of nitrogens with one attached hydrogen (secondary N) is 1. The van der Waals surface area contributed by atoms with E-state index in [9.17, 15) is 0 Å². The van der Waals surface area contributed by atoms with Crippen LogP contribution in [-0.4, -0.2) is 19.8 Å². The summed E-state index contributed by atoms with van der Waals surface area (Å²) in [6.07, 6.45) is 5.15. The molecule has 2 heterocycles. The van der Waals surface area contributed by atoms with Crippen molar-refractivity contribution in [3.05, 3.63) is 19.4 Å². The second kappa shape index (κ2) is 5.55. The molecule has 1 aliphatic heterocycles. The second-order valence-electron chi connectivity index (χ2n) is 5.01. The lowest BCUT2D eigenvalue weighted by molar-refractivity contribution is 0.184. The molecular weight excluding hydrogens is 345 g/mol. The Balaban J connectivity index is 1.63. The van der Waals surface area contributed by atoms with E-state index in [1.54, 1.807) is 10.4 Å². The van der Waals surface area contributed by atoms with Gasteiger partial charge in [0.1, 0.15) is 0 Å².